The Balaban J connectivity index is 1.65. The number of carbonyl (C=O) groups excluding carboxylic acids is 1. The highest BCUT2D eigenvalue weighted by molar-refractivity contribution is 6.13. The van der Waals surface area contributed by atoms with Crippen molar-refractivity contribution in [2.24, 2.45) is 0 Å². The van der Waals surface area contributed by atoms with Crippen molar-refractivity contribution >= 4 is 33.3 Å². The van der Waals surface area contributed by atoms with Crippen LogP contribution in [0, 0.1) is 0 Å². The van der Waals surface area contributed by atoms with E-state index in [9.17, 15) is 18.0 Å². The molecule has 0 N–H and O–H groups in total. The lowest BCUT2D eigenvalue weighted by molar-refractivity contribution is -0.0690. The second kappa shape index (κ2) is 7.59. The number of carbonyl (C=O) groups is 1. The van der Waals surface area contributed by atoms with Crippen LogP contribution in [0.15, 0.2) is 84.9 Å². The first kappa shape index (κ1) is 19.0. The maximum atomic E-state index is 13.5. The van der Waals surface area contributed by atoms with Crippen LogP contribution in [0.1, 0.15) is 23.2 Å². The van der Waals surface area contributed by atoms with E-state index in [4.69, 9.17) is 0 Å². The highest BCUT2D eigenvalue weighted by atomic mass is 19.4. The van der Waals surface area contributed by atoms with Crippen molar-refractivity contribution in [3.05, 3.63) is 90.5 Å². The number of nitrogens with zero attached hydrogens (tertiary/aromatic N) is 1. The molecule has 0 aliphatic rings. The van der Waals surface area contributed by atoms with Gasteiger partial charge in [0, 0.05) is 17.2 Å². The Kier molecular flexibility index (Phi) is 4.97. The molecule has 0 spiro atoms. The highest BCUT2D eigenvalue weighted by Gasteiger charge is 2.34. The molecule has 0 radical (unpaired) electrons. The third-order valence-electron chi connectivity index (χ3n) is 4.93. The first-order valence-corrected chi connectivity index (χ1v) is 9.31. The zero-order valence-electron chi connectivity index (χ0n) is 15.5. The van der Waals surface area contributed by atoms with Crippen molar-refractivity contribution in [1.29, 1.82) is 0 Å². The van der Waals surface area contributed by atoms with Crippen LogP contribution in [0.3, 0.4) is 0 Å². The number of hydrogen-bond acceptors (Lipinski definition) is 1. The topological polar surface area (TPSA) is 22.0 Å². The van der Waals surface area contributed by atoms with Gasteiger partial charge in [0.1, 0.15) is 0 Å². The summed E-state index contributed by atoms with van der Waals surface area (Å²) in [4.78, 5) is 13.0. The van der Waals surface area contributed by atoms with E-state index in [1.54, 1.807) is 22.8 Å². The van der Waals surface area contributed by atoms with Gasteiger partial charge in [-0.25, -0.2) is 0 Å². The van der Waals surface area contributed by atoms with Crippen molar-refractivity contribution in [2.45, 2.75) is 19.0 Å². The molecule has 0 saturated heterocycles. The minimum Gasteiger partial charge on any atom is -0.280 e. The summed E-state index contributed by atoms with van der Waals surface area (Å²) in [6, 6.07) is 22.8. The average molecular weight is 393 g/mol. The van der Waals surface area contributed by atoms with Crippen molar-refractivity contribution in [1.82, 2.24) is 4.57 Å². The Bertz CT molecular complexity index is 1150. The molecule has 5 heteroatoms. The third kappa shape index (κ3) is 3.68. The summed E-state index contributed by atoms with van der Waals surface area (Å²) >= 11 is 0. The van der Waals surface area contributed by atoms with Crippen molar-refractivity contribution < 1.29 is 18.0 Å². The quantitative estimate of drug-likeness (QED) is 0.371. The second-order valence-corrected chi connectivity index (χ2v) is 6.78. The Hall–Kier alpha value is -3.34. The van der Waals surface area contributed by atoms with Crippen molar-refractivity contribution in [2.75, 3.05) is 0 Å². The SMILES string of the molecule is O=C(CC/C=C(\c1ccccc1)C(F)(F)F)n1c2ccccc2c2ccccc21. The Morgan fingerprint density at radius 2 is 1.31 bits per heavy atom. The van der Waals surface area contributed by atoms with Gasteiger partial charge in [0.2, 0.25) is 5.91 Å². The summed E-state index contributed by atoms with van der Waals surface area (Å²) in [6.45, 7) is 0. The lowest BCUT2D eigenvalue weighted by Crippen LogP contribution is -2.12. The minimum atomic E-state index is -4.47. The average Bonchev–Trinajstić information content (AvgIpc) is 3.05. The monoisotopic (exact) mass is 393 g/mol. The van der Waals surface area contributed by atoms with E-state index < -0.39 is 11.7 Å². The molecule has 0 unspecified atom stereocenters. The van der Waals surface area contributed by atoms with Crippen LogP contribution in [-0.4, -0.2) is 16.7 Å². The van der Waals surface area contributed by atoms with E-state index in [0.717, 1.165) is 27.9 Å². The molecular weight excluding hydrogens is 375 g/mol. The van der Waals surface area contributed by atoms with Gasteiger partial charge in [0.15, 0.2) is 0 Å². The number of rotatable bonds is 4. The van der Waals surface area contributed by atoms with E-state index in [-0.39, 0.29) is 24.3 Å². The molecule has 4 rings (SSSR count). The van der Waals surface area contributed by atoms with Crippen LogP contribution < -0.4 is 0 Å². The standard InChI is InChI=1S/C24H18F3NO/c25-24(26,27)20(17-9-2-1-3-10-17)13-8-16-23(29)28-21-14-6-4-11-18(21)19-12-5-7-15-22(19)28/h1-7,9-15H,8,16H2/b20-13+. The number of allylic oxidation sites excluding steroid dienone is 2. The van der Waals surface area contributed by atoms with Gasteiger partial charge >= 0.3 is 6.18 Å². The van der Waals surface area contributed by atoms with Gasteiger partial charge in [0.05, 0.1) is 16.6 Å². The van der Waals surface area contributed by atoms with E-state index in [0.29, 0.717) is 0 Å². The predicted octanol–water partition coefficient (Wildman–Crippen LogP) is 6.86. The molecule has 0 amide bonds. The molecule has 4 aromatic rings. The Morgan fingerprint density at radius 3 is 1.86 bits per heavy atom. The summed E-state index contributed by atoms with van der Waals surface area (Å²) in [6.07, 6.45) is -3.38. The van der Waals surface area contributed by atoms with Crippen LogP contribution >= 0.6 is 0 Å². The molecule has 0 fully saturated rings. The van der Waals surface area contributed by atoms with Crippen molar-refractivity contribution in [3.8, 4) is 0 Å². The van der Waals surface area contributed by atoms with Gasteiger partial charge in [0.25, 0.3) is 0 Å². The normalized spacial score (nSPS) is 12.6. The van der Waals surface area contributed by atoms with Gasteiger partial charge in [-0.2, -0.15) is 13.2 Å². The number of halogens is 3. The summed E-state index contributed by atoms with van der Waals surface area (Å²) in [5, 5.41) is 1.90. The molecule has 146 valence electrons. The number of hydrogen-bond donors (Lipinski definition) is 0. The van der Waals surface area contributed by atoms with Crippen LogP contribution in [0.25, 0.3) is 27.4 Å². The van der Waals surface area contributed by atoms with E-state index in [2.05, 4.69) is 0 Å². The van der Waals surface area contributed by atoms with E-state index in [1.807, 2.05) is 48.5 Å². The lowest BCUT2D eigenvalue weighted by Gasteiger charge is -2.12. The number of alkyl halides is 3. The molecule has 0 bridgehead atoms. The third-order valence-corrected chi connectivity index (χ3v) is 4.93. The fourth-order valence-electron chi connectivity index (χ4n) is 3.66. The summed E-state index contributed by atoms with van der Waals surface area (Å²) in [5.41, 5.74) is 0.918. The molecule has 0 aliphatic carbocycles. The van der Waals surface area contributed by atoms with Crippen LogP contribution in [0.5, 0.6) is 0 Å². The molecular formula is C24H18F3NO. The fourth-order valence-corrected chi connectivity index (χ4v) is 3.66. The minimum absolute atomic E-state index is 0.00338. The smallest absolute Gasteiger partial charge is 0.280 e. The molecule has 0 saturated carbocycles. The first-order valence-electron chi connectivity index (χ1n) is 9.31. The molecule has 0 atom stereocenters. The Morgan fingerprint density at radius 1 is 0.793 bits per heavy atom. The largest absolute Gasteiger partial charge is 0.416 e. The number of para-hydroxylation sites is 2. The maximum Gasteiger partial charge on any atom is 0.416 e. The van der Waals surface area contributed by atoms with Crippen LogP contribution in [0.2, 0.25) is 0 Å². The van der Waals surface area contributed by atoms with Gasteiger partial charge in [-0.3, -0.25) is 9.36 Å². The van der Waals surface area contributed by atoms with Gasteiger partial charge in [-0.05, 0) is 24.1 Å². The molecule has 1 aromatic heterocycles. The molecule has 1 heterocycles. The summed E-state index contributed by atoms with van der Waals surface area (Å²) < 4.78 is 42.0. The summed E-state index contributed by atoms with van der Waals surface area (Å²) in [5.74, 6) is -0.228. The van der Waals surface area contributed by atoms with E-state index in [1.165, 1.54) is 12.1 Å². The fraction of sp³-hybridized carbons (Fsp3) is 0.125. The number of aromatic nitrogens is 1. The highest BCUT2D eigenvalue weighted by Crippen LogP contribution is 2.34. The Labute approximate surface area is 165 Å². The molecule has 29 heavy (non-hydrogen) atoms. The molecule has 3 aromatic carbocycles. The van der Waals surface area contributed by atoms with Gasteiger partial charge in [-0.15, -0.1) is 0 Å². The maximum absolute atomic E-state index is 13.5. The predicted molar refractivity (Wildman–Crippen MR) is 110 cm³/mol. The molecule has 2 nitrogen and oxygen atoms in total. The second-order valence-electron chi connectivity index (χ2n) is 6.78. The van der Waals surface area contributed by atoms with Gasteiger partial charge in [-0.1, -0.05) is 72.8 Å². The first-order chi connectivity index (χ1) is 14.0. The lowest BCUT2D eigenvalue weighted by atomic mass is 10.0. The number of fused-ring (bicyclic) bond motifs is 3. The zero-order valence-corrected chi connectivity index (χ0v) is 15.5. The van der Waals surface area contributed by atoms with Crippen LogP contribution in [-0.2, 0) is 0 Å². The van der Waals surface area contributed by atoms with E-state index >= 15 is 0 Å². The van der Waals surface area contributed by atoms with Crippen molar-refractivity contribution in [3.63, 3.8) is 0 Å². The zero-order chi connectivity index (χ0) is 20.4. The van der Waals surface area contributed by atoms with Gasteiger partial charge < -0.3 is 0 Å². The van der Waals surface area contributed by atoms with Crippen LogP contribution in [0.4, 0.5) is 13.2 Å². The summed E-state index contributed by atoms with van der Waals surface area (Å²) in [7, 11) is 0. The molecule has 0 aliphatic heterocycles. The number of benzene rings is 3.